The van der Waals surface area contributed by atoms with E-state index in [1.54, 1.807) is 4.90 Å². The molecule has 0 radical (unpaired) electrons. The molecular weight excluding hydrogens is 266 g/mol. The van der Waals surface area contributed by atoms with E-state index in [1.807, 2.05) is 38.1 Å². The van der Waals surface area contributed by atoms with Gasteiger partial charge in [-0.25, -0.2) is 4.79 Å². The third kappa shape index (κ3) is 3.99. The Morgan fingerprint density at radius 1 is 1.38 bits per heavy atom. The van der Waals surface area contributed by atoms with Crippen LogP contribution in [0.15, 0.2) is 24.3 Å². The fourth-order valence-corrected chi connectivity index (χ4v) is 1.92. The average molecular weight is 285 g/mol. The Morgan fingerprint density at radius 2 is 2.10 bits per heavy atom. The lowest BCUT2D eigenvalue weighted by Crippen LogP contribution is -2.27. The van der Waals surface area contributed by atoms with Gasteiger partial charge in [0, 0.05) is 30.3 Å². The molecule has 0 unspecified atom stereocenters. The molecule has 1 aromatic rings. The van der Waals surface area contributed by atoms with Gasteiger partial charge >= 0.3 is 6.03 Å². The molecule has 1 heterocycles. The second kappa shape index (κ2) is 6.80. The molecule has 110 valence electrons. The van der Waals surface area contributed by atoms with Gasteiger partial charge in [-0.2, -0.15) is 0 Å². The fraction of sp³-hybridized carbons (Fsp3) is 0.375. The minimum atomic E-state index is -0.0646. The maximum atomic E-state index is 11.5. The van der Waals surface area contributed by atoms with Gasteiger partial charge in [0.05, 0.1) is 6.54 Å². The van der Waals surface area contributed by atoms with Crippen LogP contribution in [-0.2, 0) is 4.79 Å². The summed E-state index contributed by atoms with van der Waals surface area (Å²) in [6, 6.07) is 7.44. The van der Waals surface area contributed by atoms with E-state index < -0.39 is 0 Å². The second-order valence-corrected chi connectivity index (χ2v) is 5.10. The van der Waals surface area contributed by atoms with Crippen molar-refractivity contribution in [3.05, 3.63) is 29.8 Å². The van der Waals surface area contributed by atoms with Crippen LogP contribution in [0.25, 0.3) is 0 Å². The Kier molecular flexibility index (Phi) is 4.83. The van der Waals surface area contributed by atoms with Crippen LogP contribution in [0, 0.1) is 17.8 Å². The van der Waals surface area contributed by atoms with Gasteiger partial charge < -0.3 is 10.6 Å². The molecule has 0 aliphatic carbocycles. The first-order valence-corrected chi connectivity index (χ1v) is 7.00. The van der Waals surface area contributed by atoms with E-state index >= 15 is 0 Å². The topological polar surface area (TPSA) is 61.4 Å². The number of hydrogen-bond donors (Lipinski definition) is 2. The number of rotatable bonds is 3. The van der Waals surface area contributed by atoms with Crippen molar-refractivity contribution < 1.29 is 9.59 Å². The van der Waals surface area contributed by atoms with Crippen molar-refractivity contribution >= 4 is 17.6 Å². The minimum Gasteiger partial charge on any atom is -0.345 e. The quantitative estimate of drug-likeness (QED) is 0.823. The molecule has 5 nitrogen and oxygen atoms in total. The van der Waals surface area contributed by atoms with Gasteiger partial charge in [0.15, 0.2) is 0 Å². The Labute approximate surface area is 124 Å². The first-order chi connectivity index (χ1) is 10.1. The standard InChI is InChI=1S/C16H19N3O2/c1-12(2)15(20)17-9-3-4-13-5-7-14(8-6-13)19-11-10-18-16(19)21/h5-8,12H,9-11H2,1-2H3,(H,17,20)(H,18,21). The summed E-state index contributed by atoms with van der Waals surface area (Å²) < 4.78 is 0. The molecule has 3 amide bonds. The monoisotopic (exact) mass is 285 g/mol. The number of benzene rings is 1. The van der Waals surface area contributed by atoms with Crippen LogP contribution in [0.5, 0.6) is 0 Å². The lowest BCUT2D eigenvalue weighted by molar-refractivity contribution is -0.123. The molecule has 21 heavy (non-hydrogen) atoms. The summed E-state index contributed by atoms with van der Waals surface area (Å²) in [6.07, 6.45) is 0. The van der Waals surface area contributed by atoms with E-state index in [0.29, 0.717) is 19.6 Å². The number of carbonyl (C=O) groups is 2. The molecule has 0 atom stereocenters. The van der Waals surface area contributed by atoms with Crippen molar-refractivity contribution in [3.8, 4) is 11.8 Å². The van der Waals surface area contributed by atoms with E-state index in [9.17, 15) is 9.59 Å². The van der Waals surface area contributed by atoms with Crippen molar-refractivity contribution in [1.82, 2.24) is 10.6 Å². The minimum absolute atomic E-state index is 0.000284. The van der Waals surface area contributed by atoms with E-state index in [1.165, 1.54) is 0 Å². The van der Waals surface area contributed by atoms with Crippen LogP contribution < -0.4 is 15.5 Å². The SMILES string of the molecule is CC(C)C(=O)NCC#Cc1ccc(N2CCNC2=O)cc1. The van der Waals surface area contributed by atoms with Gasteiger partial charge in [-0.3, -0.25) is 9.69 Å². The highest BCUT2D eigenvalue weighted by molar-refractivity contribution is 5.94. The van der Waals surface area contributed by atoms with E-state index in [2.05, 4.69) is 22.5 Å². The Balaban J connectivity index is 1.91. The van der Waals surface area contributed by atoms with Crippen LogP contribution in [-0.4, -0.2) is 31.6 Å². The zero-order valence-corrected chi connectivity index (χ0v) is 12.3. The smallest absolute Gasteiger partial charge is 0.321 e. The maximum absolute atomic E-state index is 11.5. The number of nitrogens with zero attached hydrogens (tertiary/aromatic N) is 1. The molecule has 5 heteroatoms. The largest absolute Gasteiger partial charge is 0.345 e. The lowest BCUT2D eigenvalue weighted by atomic mass is 10.2. The molecule has 0 aromatic heterocycles. The molecule has 1 aliphatic rings. The van der Waals surface area contributed by atoms with Crippen LogP contribution in [0.1, 0.15) is 19.4 Å². The zero-order chi connectivity index (χ0) is 15.2. The number of nitrogens with one attached hydrogen (secondary N) is 2. The van der Waals surface area contributed by atoms with Gasteiger partial charge in [0.2, 0.25) is 5.91 Å². The van der Waals surface area contributed by atoms with E-state index in [4.69, 9.17) is 0 Å². The molecule has 1 saturated heterocycles. The predicted octanol–water partition coefficient (Wildman–Crippen LogP) is 1.34. The van der Waals surface area contributed by atoms with E-state index in [-0.39, 0.29) is 17.9 Å². The van der Waals surface area contributed by atoms with Crippen LogP contribution >= 0.6 is 0 Å². The summed E-state index contributed by atoms with van der Waals surface area (Å²) in [5, 5.41) is 5.50. The van der Waals surface area contributed by atoms with Crippen molar-refractivity contribution in [2.75, 3.05) is 24.5 Å². The van der Waals surface area contributed by atoms with Gasteiger partial charge in [-0.1, -0.05) is 25.7 Å². The lowest BCUT2D eigenvalue weighted by Gasteiger charge is -2.13. The molecule has 0 saturated carbocycles. The highest BCUT2D eigenvalue weighted by Gasteiger charge is 2.20. The van der Waals surface area contributed by atoms with Gasteiger partial charge in [0.25, 0.3) is 0 Å². The zero-order valence-electron chi connectivity index (χ0n) is 12.3. The van der Waals surface area contributed by atoms with Crippen LogP contribution in [0.2, 0.25) is 0 Å². The summed E-state index contributed by atoms with van der Waals surface area (Å²) in [5.41, 5.74) is 1.72. The molecule has 2 N–H and O–H groups in total. The van der Waals surface area contributed by atoms with Crippen LogP contribution in [0.3, 0.4) is 0 Å². The Morgan fingerprint density at radius 3 is 2.67 bits per heavy atom. The molecule has 1 fully saturated rings. The summed E-state index contributed by atoms with van der Waals surface area (Å²) in [4.78, 5) is 24.6. The predicted molar refractivity (Wildman–Crippen MR) is 81.9 cm³/mol. The maximum Gasteiger partial charge on any atom is 0.321 e. The number of amides is 3. The molecule has 0 bridgehead atoms. The second-order valence-electron chi connectivity index (χ2n) is 5.10. The normalized spacial score (nSPS) is 13.7. The van der Waals surface area contributed by atoms with E-state index in [0.717, 1.165) is 11.3 Å². The summed E-state index contributed by atoms with van der Waals surface area (Å²) in [5.74, 6) is 5.86. The van der Waals surface area contributed by atoms with Gasteiger partial charge in [-0.05, 0) is 24.3 Å². The van der Waals surface area contributed by atoms with Gasteiger partial charge in [-0.15, -0.1) is 0 Å². The molecule has 1 aromatic carbocycles. The number of carbonyl (C=O) groups excluding carboxylic acids is 2. The van der Waals surface area contributed by atoms with Crippen molar-refractivity contribution in [2.45, 2.75) is 13.8 Å². The molecule has 0 spiro atoms. The highest BCUT2D eigenvalue weighted by Crippen LogP contribution is 2.16. The first-order valence-electron chi connectivity index (χ1n) is 7.00. The number of hydrogen-bond acceptors (Lipinski definition) is 2. The Bertz CT molecular complexity index is 582. The Hall–Kier alpha value is -2.48. The van der Waals surface area contributed by atoms with Crippen LogP contribution in [0.4, 0.5) is 10.5 Å². The highest BCUT2D eigenvalue weighted by atomic mass is 16.2. The third-order valence-electron chi connectivity index (χ3n) is 3.14. The van der Waals surface area contributed by atoms with Crippen molar-refractivity contribution in [3.63, 3.8) is 0 Å². The van der Waals surface area contributed by atoms with Crippen molar-refractivity contribution in [2.24, 2.45) is 5.92 Å². The first kappa shape index (κ1) is 14.9. The van der Waals surface area contributed by atoms with Gasteiger partial charge in [0.1, 0.15) is 0 Å². The fourth-order valence-electron chi connectivity index (χ4n) is 1.92. The summed E-state index contributed by atoms with van der Waals surface area (Å²) in [6.45, 7) is 5.39. The molecule has 2 rings (SSSR count). The molecule has 1 aliphatic heterocycles. The van der Waals surface area contributed by atoms with Crippen molar-refractivity contribution in [1.29, 1.82) is 0 Å². The third-order valence-corrected chi connectivity index (χ3v) is 3.14. The number of urea groups is 1. The average Bonchev–Trinajstić information content (AvgIpc) is 2.90. The number of anilines is 1. The summed E-state index contributed by atoms with van der Waals surface area (Å²) >= 11 is 0. The molecular formula is C16H19N3O2. The summed E-state index contributed by atoms with van der Waals surface area (Å²) in [7, 11) is 0.